The first-order valence-electron chi connectivity index (χ1n) is 7.49. The van der Waals surface area contributed by atoms with Crippen LogP contribution in [0.2, 0.25) is 0 Å². The van der Waals surface area contributed by atoms with Gasteiger partial charge < -0.3 is 5.32 Å². The average molecular weight is 322 g/mol. The van der Waals surface area contributed by atoms with E-state index in [1.807, 2.05) is 56.3 Å². The van der Waals surface area contributed by atoms with Crippen LogP contribution in [0.15, 0.2) is 54.7 Å². The normalized spacial score (nSPS) is 10.5. The first-order chi connectivity index (χ1) is 11.1. The van der Waals surface area contributed by atoms with E-state index in [-0.39, 0.29) is 5.91 Å². The summed E-state index contributed by atoms with van der Waals surface area (Å²) < 4.78 is 0. The van der Waals surface area contributed by atoms with Gasteiger partial charge in [-0.3, -0.25) is 9.78 Å². The summed E-state index contributed by atoms with van der Waals surface area (Å²) in [5, 5.41) is 2.98. The molecule has 1 amide bonds. The molecule has 1 aromatic carbocycles. The molecule has 3 rings (SSSR count). The van der Waals surface area contributed by atoms with Crippen LogP contribution in [0, 0.1) is 13.8 Å². The highest BCUT2D eigenvalue weighted by atomic mass is 32.1. The Labute approximate surface area is 140 Å². The minimum absolute atomic E-state index is 0.0975. The highest BCUT2D eigenvalue weighted by molar-refractivity contribution is 7.15. The van der Waals surface area contributed by atoms with E-state index < -0.39 is 0 Å². The van der Waals surface area contributed by atoms with Gasteiger partial charge in [-0.15, -0.1) is 11.3 Å². The number of carbonyl (C=O) groups excluding carboxylic acids is 1. The summed E-state index contributed by atoms with van der Waals surface area (Å²) >= 11 is 1.65. The summed E-state index contributed by atoms with van der Waals surface area (Å²) in [6.45, 7) is 4.61. The van der Waals surface area contributed by atoms with Crippen molar-refractivity contribution in [3.8, 4) is 10.6 Å². The van der Waals surface area contributed by atoms with Crippen LogP contribution in [0.4, 0.5) is 0 Å². The van der Waals surface area contributed by atoms with Gasteiger partial charge in [0.25, 0.3) is 5.91 Å². The number of nitrogens with zero attached hydrogens (tertiary/aromatic N) is 1. The van der Waals surface area contributed by atoms with Gasteiger partial charge in [-0.1, -0.05) is 29.8 Å². The van der Waals surface area contributed by atoms with Crippen molar-refractivity contribution in [3.63, 3.8) is 0 Å². The number of benzene rings is 1. The van der Waals surface area contributed by atoms with Gasteiger partial charge in [-0.2, -0.15) is 0 Å². The lowest BCUT2D eigenvalue weighted by atomic mass is 10.1. The summed E-state index contributed by atoms with van der Waals surface area (Å²) in [4.78, 5) is 19.2. The maximum absolute atomic E-state index is 12.5. The van der Waals surface area contributed by atoms with Gasteiger partial charge >= 0.3 is 0 Å². The van der Waals surface area contributed by atoms with Crippen LogP contribution in [0.5, 0.6) is 0 Å². The molecule has 0 saturated heterocycles. The van der Waals surface area contributed by atoms with E-state index in [0.29, 0.717) is 12.1 Å². The predicted molar refractivity (Wildman–Crippen MR) is 94.6 cm³/mol. The zero-order valence-electron chi connectivity index (χ0n) is 13.2. The molecule has 116 valence electrons. The van der Waals surface area contributed by atoms with Crippen LogP contribution in [-0.4, -0.2) is 10.9 Å². The topological polar surface area (TPSA) is 42.0 Å². The SMILES string of the molecule is Cc1ccc(CNC(=O)c2cccnc2-c2ccc(C)s2)cc1. The number of amides is 1. The largest absolute Gasteiger partial charge is 0.348 e. The van der Waals surface area contributed by atoms with Gasteiger partial charge in [-0.25, -0.2) is 0 Å². The third-order valence-corrected chi connectivity index (χ3v) is 4.61. The first kappa shape index (κ1) is 15.4. The fourth-order valence-corrected chi connectivity index (χ4v) is 3.21. The number of aromatic nitrogens is 1. The summed E-state index contributed by atoms with van der Waals surface area (Å²) in [6.07, 6.45) is 1.72. The Bertz CT molecular complexity index is 821. The van der Waals surface area contributed by atoms with Crippen molar-refractivity contribution in [2.75, 3.05) is 0 Å². The van der Waals surface area contributed by atoms with Gasteiger partial charge in [0.15, 0.2) is 0 Å². The number of thiophene rings is 1. The lowest BCUT2D eigenvalue weighted by Gasteiger charge is -2.08. The molecule has 3 nitrogen and oxygen atoms in total. The van der Waals surface area contributed by atoms with E-state index in [9.17, 15) is 4.79 Å². The molecular formula is C19H18N2OS. The fraction of sp³-hybridized carbons (Fsp3) is 0.158. The molecule has 1 N–H and O–H groups in total. The Hall–Kier alpha value is -2.46. The summed E-state index contributed by atoms with van der Waals surface area (Å²) in [5.41, 5.74) is 3.65. The van der Waals surface area contributed by atoms with E-state index in [4.69, 9.17) is 0 Å². The second-order valence-electron chi connectivity index (χ2n) is 5.48. The van der Waals surface area contributed by atoms with E-state index in [2.05, 4.69) is 10.3 Å². The minimum Gasteiger partial charge on any atom is -0.348 e. The molecule has 3 aromatic rings. The summed E-state index contributed by atoms with van der Waals surface area (Å²) in [7, 11) is 0. The van der Waals surface area contributed by atoms with Crippen molar-refractivity contribution in [3.05, 3.63) is 76.3 Å². The highest BCUT2D eigenvalue weighted by Crippen LogP contribution is 2.28. The third kappa shape index (κ3) is 3.66. The maximum Gasteiger partial charge on any atom is 0.253 e. The molecule has 0 aliphatic carbocycles. The zero-order valence-corrected chi connectivity index (χ0v) is 14.0. The van der Waals surface area contributed by atoms with Gasteiger partial charge in [0.05, 0.1) is 16.1 Å². The quantitative estimate of drug-likeness (QED) is 0.775. The van der Waals surface area contributed by atoms with Crippen molar-refractivity contribution >= 4 is 17.2 Å². The molecule has 0 atom stereocenters. The number of hydrogen-bond acceptors (Lipinski definition) is 3. The highest BCUT2D eigenvalue weighted by Gasteiger charge is 2.14. The maximum atomic E-state index is 12.5. The first-order valence-corrected chi connectivity index (χ1v) is 8.31. The Morgan fingerprint density at radius 1 is 1.09 bits per heavy atom. The van der Waals surface area contributed by atoms with E-state index >= 15 is 0 Å². The lowest BCUT2D eigenvalue weighted by molar-refractivity contribution is 0.0951. The third-order valence-electron chi connectivity index (χ3n) is 3.60. The second-order valence-corrected chi connectivity index (χ2v) is 6.77. The molecule has 2 aromatic heterocycles. The van der Waals surface area contributed by atoms with Crippen LogP contribution in [0.1, 0.15) is 26.4 Å². The summed E-state index contributed by atoms with van der Waals surface area (Å²) in [6, 6.07) is 15.8. The zero-order chi connectivity index (χ0) is 16.2. The number of pyridine rings is 1. The molecule has 0 aliphatic rings. The number of nitrogens with one attached hydrogen (secondary N) is 1. The fourth-order valence-electron chi connectivity index (χ4n) is 2.33. The van der Waals surface area contributed by atoms with Crippen molar-refractivity contribution in [2.45, 2.75) is 20.4 Å². The van der Waals surface area contributed by atoms with Crippen LogP contribution >= 0.6 is 11.3 Å². The molecule has 23 heavy (non-hydrogen) atoms. The van der Waals surface area contributed by atoms with E-state index in [1.165, 1.54) is 10.4 Å². The Morgan fingerprint density at radius 3 is 2.57 bits per heavy atom. The number of hydrogen-bond donors (Lipinski definition) is 1. The molecular weight excluding hydrogens is 304 g/mol. The van der Waals surface area contributed by atoms with Crippen LogP contribution in [0.3, 0.4) is 0 Å². The van der Waals surface area contributed by atoms with E-state index in [0.717, 1.165) is 16.1 Å². The molecule has 0 spiro atoms. The van der Waals surface area contributed by atoms with E-state index in [1.54, 1.807) is 23.6 Å². The molecule has 0 radical (unpaired) electrons. The van der Waals surface area contributed by atoms with Gasteiger partial charge in [0.1, 0.15) is 0 Å². The number of rotatable bonds is 4. The van der Waals surface area contributed by atoms with Gasteiger partial charge in [0, 0.05) is 17.6 Å². The van der Waals surface area contributed by atoms with Crippen molar-refractivity contribution < 1.29 is 4.79 Å². The van der Waals surface area contributed by atoms with Crippen LogP contribution in [-0.2, 0) is 6.54 Å². The van der Waals surface area contributed by atoms with Gasteiger partial charge in [-0.05, 0) is 43.7 Å². The van der Waals surface area contributed by atoms with Crippen molar-refractivity contribution in [1.82, 2.24) is 10.3 Å². The predicted octanol–water partition coefficient (Wildman–Crippen LogP) is 4.36. The van der Waals surface area contributed by atoms with Crippen molar-refractivity contribution in [2.24, 2.45) is 0 Å². The molecule has 2 heterocycles. The molecule has 4 heteroatoms. The number of carbonyl (C=O) groups is 1. The Balaban J connectivity index is 1.78. The Kier molecular flexibility index (Phi) is 4.53. The molecule has 0 aliphatic heterocycles. The second kappa shape index (κ2) is 6.75. The molecule has 0 fully saturated rings. The standard InChI is InChI=1S/C19H18N2OS/c1-13-5-8-15(9-6-13)12-21-19(22)16-4-3-11-20-18(16)17-10-7-14(2)23-17/h3-11H,12H2,1-2H3,(H,21,22). The molecule has 0 bridgehead atoms. The monoisotopic (exact) mass is 322 g/mol. The van der Waals surface area contributed by atoms with Crippen LogP contribution in [0.25, 0.3) is 10.6 Å². The Morgan fingerprint density at radius 2 is 1.87 bits per heavy atom. The average Bonchev–Trinajstić information content (AvgIpc) is 3.00. The minimum atomic E-state index is -0.0975. The van der Waals surface area contributed by atoms with Crippen LogP contribution < -0.4 is 5.32 Å². The smallest absolute Gasteiger partial charge is 0.253 e. The molecule has 0 saturated carbocycles. The van der Waals surface area contributed by atoms with Gasteiger partial charge in [0.2, 0.25) is 0 Å². The summed E-state index contributed by atoms with van der Waals surface area (Å²) in [5.74, 6) is -0.0975. The number of aryl methyl sites for hydroxylation is 2. The van der Waals surface area contributed by atoms with Crippen molar-refractivity contribution in [1.29, 1.82) is 0 Å². The molecule has 0 unspecified atom stereocenters. The lowest BCUT2D eigenvalue weighted by Crippen LogP contribution is -2.23.